The number of aryl methyl sites for hydroxylation is 1. The third-order valence-electron chi connectivity index (χ3n) is 5.34. The summed E-state index contributed by atoms with van der Waals surface area (Å²) in [5.41, 5.74) is 0.977. The van der Waals surface area contributed by atoms with Crippen molar-refractivity contribution >= 4 is 5.91 Å². The summed E-state index contributed by atoms with van der Waals surface area (Å²) in [5.74, 6) is 0.782. The SMILES string of the molecule is Cn1cccc1C(=O)N1C[C@@H]2COC[C@]2(COc2ccc(C#N)cn2)C1. The molecular formula is C19H20N4O3. The Balaban J connectivity index is 1.47. The number of nitriles is 1. The quantitative estimate of drug-likeness (QED) is 0.832. The lowest BCUT2D eigenvalue weighted by Crippen LogP contribution is -2.38. The van der Waals surface area contributed by atoms with E-state index in [0.717, 1.165) is 0 Å². The zero-order valence-electron chi connectivity index (χ0n) is 14.6. The molecule has 0 spiro atoms. The summed E-state index contributed by atoms with van der Waals surface area (Å²) in [4.78, 5) is 18.9. The van der Waals surface area contributed by atoms with Crippen molar-refractivity contribution in [2.75, 3.05) is 32.9 Å². The maximum atomic E-state index is 12.8. The second-order valence-corrected chi connectivity index (χ2v) is 7.05. The molecule has 0 N–H and O–H groups in total. The topological polar surface area (TPSA) is 80.4 Å². The molecule has 0 aromatic carbocycles. The van der Waals surface area contributed by atoms with Crippen LogP contribution in [0, 0.1) is 22.7 Å². The Morgan fingerprint density at radius 1 is 1.50 bits per heavy atom. The van der Waals surface area contributed by atoms with Crippen LogP contribution in [-0.4, -0.2) is 53.3 Å². The molecule has 7 nitrogen and oxygen atoms in total. The van der Waals surface area contributed by atoms with E-state index in [9.17, 15) is 4.79 Å². The van der Waals surface area contributed by atoms with Gasteiger partial charge in [0.2, 0.25) is 5.88 Å². The second-order valence-electron chi connectivity index (χ2n) is 7.05. The van der Waals surface area contributed by atoms with Gasteiger partial charge in [-0.3, -0.25) is 4.79 Å². The van der Waals surface area contributed by atoms with Gasteiger partial charge in [-0.15, -0.1) is 0 Å². The first-order chi connectivity index (χ1) is 12.6. The number of pyridine rings is 1. The number of nitrogens with zero attached hydrogens (tertiary/aromatic N) is 4. The predicted octanol–water partition coefficient (Wildman–Crippen LogP) is 1.46. The van der Waals surface area contributed by atoms with Gasteiger partial charge in [-0.1, -0.05) is 0 Å². The number of ether oxygens (including phenoxy) is 2. The first kappa shape index (κ1) is 16.6. The molecule has 4 rings (SSSR count). The average Bonchev–Trinajstić information content (AvgIpc) is 3.33. The van der Waals surface area contributed by atoms with Gasteiger partial charge >= 0.3 is 0 Å². The van der Waals surface area contributed by atoms with Crippen LogP contribution in [0.1, 0.15) is 16.1 Å². The Hall–Kier alpha value is -2.85. The van der Waals surface area contributed by atoms with Gasteiger partial charge in [-0.2, -0.15) is 5.26 Å². The van der Waals surface area contributed by atoms with Crippen LogP contribution in [-0.2, 0) is 11.8 Å². The molecule has 2 fully saturated rings. The maximum absolute atomic E-state index is 12.8. The molecule has 2 atom stereocenters. The highest BCUT2D eigenvalue weighted by atomic mass is 16.5. The number of carbonyl (C=O) groups excluding carboxylic acids is 1. The Morgan fingerprint density at radius 2 is 2.38 bits per heavy atom. The van der Waals surface area contributed by atoms with E-state index in [1.807, 2.05) is 40.9 Å². The van der Waals surface area contributed by atoms with Gasteiger partial charge in [0.25, 0.3) is 5.91 Å². The summed E-state index contributed by atoms with van der Waals surface area (Å²) in [7, 11) is 1.88. The molecule has 2 aliphatic heterocycles. The van der Waals surface area contributed by atoms with Crippen molar-refractivity contribution in [2.45, 2.75) is 0 Å². The van der Waals surface area contributed by atoms with Crippen molar-refractivity contribution in [3.8, 4) is 11.9 Å². The Labute approximate surface area is 151 Å². The predicted molar refractivity (Wildman–Crippen MR) is 92.5 cm³/mol. The summed E-state index contributed by atoms with van der Waals surface area (Å²) in [5, 5.41) is 8.85. The van der Waals surface area contributed by atoms with Crippen molar-refractivity contribution in [1.82, 2.24) is 14.5 Å². The lowest BCUT2D eigenvalue weighted by Gasteiger charge is -2.26. The van der Waals surface area contributed by atoms with Crippen molar-refractivity contribution in [3.63, 3.8) is 0 Å². The third-order valence-corrected chi connectivity index (χ3v) is 5.34. The van der Waals surface area contributed by atoms with E-state index in [2.05, 4.69) is 4.98 Å². The largest absolute Gasteiger partial charge is 0.477 e. The Bertz CT molecular complexity index is 854. The number of carbonyl (C=O) groups is 1. The van der Waals surface area contributed by atoms with Crippen molar-refractivity contribution in [2.24, 2.45) is 18.4 Å². The fraction of sp³-hybridized carbons (Fsp3) is 0.421. The Morgan fingerprint density at radius 3 is 3.08 bits per heavy atom. The van der Waals surface area contributed by atoms with Crippen LogP contribution >= 0.6 is 0 Å². The summed E-state index contributed by atoms with van der Waals surface area (Å²) in [6.45, 7) is 2.94. The average molecular weight is 352 g/mol. The number of likely N-dealkylation sites (tertiary alicyclic amines) is 1. The van der Waals surface area contributed by atoms with Gasteiger partial charge in [0.15, 0.2) is 0 Å². The highest BCUT2D eigenvalue weighted by molar-refractivity contribution is 5.93. The number of hydrogen-bond donors (Lipinski definition) is 0. The molecule has 1 amide bonds. The maximum Gasteiger partial charge on any atom is 0.270 e. The molecule has 2 aliphatic rings. The van der Waals surface area contributed by atoms with Crippen LogP contribution in [0.5, 0.6) is 5.88 Å². The van der Waals surface area contributed by atoms with Crippen LogP contribution in [0.15, 0.2) is 36.7 Å². The van der Waals surface area contributed by atoms with Gasteiger partial charge in [-0.05, 0) is 18.2 Å². The molecular weight excluding hydrogens is 332 g/mol. The fourth-order valence-electron chi connectivity index (χ4n) is 3.79. The zero-order valence-corrected chi connectivity index (χ0v) is 14.6. The summed E-state index contributed by atoms with van der Waals surface area (Å²) in [6, 6.07) is 9.14. The van der Waals surface area contributed by atoms with Crippen molar-refractivity contribution < 1.29 is 14.3 Å². The molecule has 0 unspecified atom stereocenters. The Kier molecular flexibility index (Phi) is 4.13. The molecule has 0 bridgehead atoms. The van der Waals surface area contributed by atoms with Gasteiger partial charge in [0, 0.05) is 44.5 Å². The van der Waals surface area contributed by atoms with Crippen molar-refractivity contribution in [3.05, 3.63) is 47.9 Å². The number of hydrogen-bond acceptors (Lipinski definition) is 5. The molecule has 0 saturated carbocycles. The molecule has 2 aromatic rings. The molecule has 0 aliphatic carbocycles. The fourth-order valence-corrected chi connectivity index (χ4v) is 3.79. The monoisotopic (exact) mass is 352 g/mol. The highest BCUT2D eigenvalue weighted by Gasteiger charge is 2.52. The molecule has 2 saturated heterocycles. The van der Waals surface area contributed by atoms with Gasteiger partial charge < -0.3 is 18.9 Å². The highest BCUT2D eigenvalue weighted by Crippen LogP contribution is 2.42. The molecule has 2 aromatic heterocycles. The minimum atomic E-state index is -0.212. The standard InChI is InChI=1S/C19H20N4O3/c1-22-6-2-3-16(22)18(24)23-9-15-10-25-12-19(15,11-23)13-26-17-5-4-14(7-20)8-21-17/h2-6,8,15H,9-13H2,1H3/t15-,19+/m1/s1. The second kappa shape index (κ2) is 6.46. The van der Waals surface area contributed by atoms with Crippen LogP contribution < -0.4 is 4.74 Å². The minimum Gasteiger partial charge on any atom is -0.477 e. The van der Waals surface area contributed by atoms with E-state index in [1.165, 1.54) is 6.20 Å². The summed E-state index contributed by atoms with van der Waals surface area (Å²) >= 11 is 0. The first-order valence-corrected chi connectivity index (χ1v) is 8.59. The smallest absolute Gasteiger partial charge is 0.270 e. The summed E-state index contributed by atoms with van der Waals surface area (Å²) < 4.78 is 13.4. The van der Waals surface area contributed by atoms with Gasteiger partial charge in [0.05, 0.1) is 30.8 Å². The molecule has 7 heteroatoms. The normalized spacial score (nSPS) is 24.3. The van der Waals surface area contributed by atoms with E-state index < -0.39 is 0 Å². The van der Waals surface area contributed by atoms with Crippen LogP contribution in [0.2, 0.25) is 0 Å². The first-order valence-electron chi connectivity index (χ1n) is 8.59. The number of fused-ring (bicyclic) bond motifs is 1. The zero-order chi connectivity index (χ0) is 18.1. The van der Waals surface area contributed by atoms with E-state index >= 15 is 0 Å². The van der Waals surface area contributed by atoms with E-state index in [1.54, 1.807) is 12.1 Å². The molecule has 0 radical (unpaired) electrons. The molecule has 134 valence electrons. The van der Waals surface area contributed by atoms with E-state index in [4.69, 9.17) is 14.7 Å². The van der Waals surface area contributed by atoms with E-state index in [-0.39, 0.29) is 17.2 Å². The summed E-state index contributed by atoms with van der Waals surface area (Å²) in [6.07, 6.45) is 3.37. The van der Waals surface area contributed by atoms with Gasteiger partial charge in [0.1, 0.15) is 11.8 Å². The third kappa shape index (κ3) is 2.82. The van der Waals surface area contributed by atoms with Crippen LogP contribution in [0.3, 0.4) is 0 Å². The minimum absolute atomic E-state index is 0.0442. The number of rotatable bonds is 4. The van der Waals surface area contributed by atoms with Crippen molar-refractivity contribution in [1.29, 1.82) is 5.26 Å². The number of aromatic nitrogens is 2. The van der Waals surface area contributed by atoms with Gasteiger partial charge in [-0.25, -0.2) is 4.98 Å². The lowest BCUT2D eigenvalue weighted by molar-refractivity contribution is 0.0648. The van der Waals surface area contributed by atoms with Crippen LogP contribution in [0.25, 0.3) is 0 Å². The molecule has 4 heterocycles. The number of amides is 1. The van der Waals surface area contributed by atoms with E-state index in [0.29, 0.717) is 50.0 Å². The lowest BCUT2D eigenvalue weighted by atomic mass is 9.82. The molecule has 26 heavy (non-hydrogen) atoms. The van der Waals surface area contributed by atoms with Crippen LogP contribution in [0.4, 0.5) is 0 Å².